The van der Waals surface area contributed by atoms with Gasteiger partial charge in [0.15, 0.2) is 16.5 Å². The van der Waals surface area contributed by atoms with Crippen LogP contribution >= 0.6 is 22.9 Å². The number of anilines is 1. The molecule has 1 aromatic carbocycles. The molecule has 0 unspecified atom stereocenters. The number of rotatable bonds is 6. The molecule has 0 radical (unpaired) electrons. The van der Waals surface area contributed by atoms with Crippen LogP contribution in [-0.4, -0.2) is 68.6 Å². The van der Waals surface area contributed by atoms with Crippen LogP contribution in [0.5, 0.6) is 0 Å². The lowest BCUT2D eigenvalue weighted by Crippen LogP contribution is -2.42. The zero-order valence-corrected chi connectivity index (χ0v) is 21.6. The maximum absolute atomic E-state index is 13.7. The van der Waals surface area contributed by atoms with E-state index in [0.29, 0.717) is 37.5 Å². The Labute approximate surface area is 213 Å². The number of thiazole rings is 1. The van der Waals surface area contributed by atoms with Crippen molar-refractivity contribution in [1.82, 2.24) is 24.6 Å². The number of aryl methyl sites for hydroxylation is 1. The van der Waals surface area contributed by atoms with Crippen molar-refractivity contribution in [2.75, 3.05) is 31.5 Å². The molecule has 184 valence electrons. The maximum Gasteiger partial charge on any atom is 0.276 e. The van der Waals surface area contributed by atoms with Crippen LogP contribution in [0.1, 0.15) is 59.0 Å². The van der Waals surface area contributed by atoms with E-state index in [9.17, 15) is 9.59 Å². The highest BCUT2D eigenvalue weighted by molar-refractivity contribution is 7.22. The largest absolute Gasteiger partial charge is 0.333 e. The highest BCUT2D eigenvalue weighted by Gasteiger charge is 2.34. The monoisotopic (exact) mass is 512 g/mol. The summed E-state index contributed by atoms with van der Waals surface area (Å²) in [5, 5.41) is 8.37. The molecule has 10 heteroatoms. The predicted molar refractivity (Wildman–Crippen MR) is 140 cm³/mol. The molecule has 0 saturated carbocycles. The molecule has 2 fully saturated rings. The first kappa shape index (κ1) is 24.0. The number of hydrogen-bond donors (Lipinski definition) is 1. The summed E-state index contributed by atoms with van der Waals surface area (Å²) in [6.45, 7) is 11.6. The number of benzene rings is 1. The molecule has 3 aromatic rings. The lowest BCUT2D eigenvalue weighted by molar-refractivity contribution is 0.0704. The summed E-state index contributed by atoms with van der Waals surface area (Å²) in [5.41, 5.74) is 2.89. The Morgan fingerprint density at radius 2 is 2.00 bits per heavy atom. The summed E-state index contributed by atoms with van der Waals surface area (Å²) in [4.78, 5) is 35.5. The van der Waals surface area contributed by atoms with E-state index >= 15 is 0 Å². The van der Waals surface area contributed by atoms with Gasteiger partial charge in [0.25, 0.3) is 11.8 Å². The van der Waals surface area contributed by atoms with Gasteiger partial charge in [0, 0.05) is 35.4 Å². The summed E-state index contributed by atoms with van der Waals surface area (Å²) in [6, 6.07) is 5.37. The average molecular weight is 513 g/mol. The lowest BCUT2D eigenvalue weighted by Gasteiger charge is -2.28. The van der Waals surface area contributed by atoms with Gasteiger partial charge in [0.2, 0.25) is 0 Å². The second-order valence-corrected chi connectivity index (χ2v) is 10.8. The first-order chi connectivity index (χ1) is 16.8. The summed E-state index contributed by atoms with van der Waals surface area (Å²) >= 11 is 7.44. The number of amides is 2. The molecule has 35 heavy (non-hydrogen) atoms. The second-order valence-electron chi connectivity index (χ2n) is 9.39. The van der Waals surface area contributed by atoms with Crippen molar-refractivity contribution < 1.29 is 9.59 Å². The Morgan fingerprint density at radius 1 is 1.23 bits per heavy atom. The first-order valence-corrected chi connectivity index (χ1v) is 13.2. The summed E-state index contributed by atoms with van der Waals surface area (Å²) in [5.74, 6) is -0.389. The number of hydrogen-bond acceptors (Lipinski definition) is 6. The third kappa shape index (κ3) is 4.72. The second kappa shape index (κ2) is 9.72. The average Bonchev–Trinajstić information content (AvgIpc) is 3.60. The molecule has 0 spiro atoms. The lowest BCUT2D eigenvalue weighted by atomic mass is 10.1. The zero-order valence-electron chi connectivity index (χ0n) is 20.0. The summed E-state index contributed by atoms with van der Waals surface area (Å²) < 4.78 is 2.24. The molecule has 4 heterocycles. The number of fused-ring (bicyclic) bond motifs is 1. The summed E-state index contributed by atoms with van der Waals surface area (Å²) in [6.07, 6.45) is 4.47. The highest BCUT2D eigenvalue weighted by Crippen LogP contribution is 2.33. The molecule has 2 saturated heterocycles. The number of likely N-dealkylation sites (tertiary alicyclic amines) is 2. The van der Waals surface area contributed by atoms with E-state index in [2.05, 4.69) is 26.9 Å². The van der Waals surface area contributed by atoms with Crippen molar-refractivity contribution in [3.63, 3.8) is 0 Å². The van der Waals surface area contributed by atoms with E-state index in [1.807, 2.05) is 18.7 Å². The Morgan fingerprint density at radius 3 is 2.71 bits per heavy atom. The SMILES string of the molecule is C=C(C)n1nc(C(=O)N2CCC[C@H]2CN2CCCC2)c2sc(NC(=O)c3ccc(C)c(Cl)c3)nc21. The van der Waals surface area contributed by atoms with Crippen LogP contribution in [0.25, 0.3) is 16.0 Å². The van der Waals surface area contributed by atoms with E-state index in [4.69, 9.17) is 11.6 Å². The number of halogens is 1. The Balaban J connectivity index is 1.42. The molecule has 1 N–H and O–H groups in total. The van der Waals surface area contributed by atoms with Crippen LogP contribution in [0, 0.1) is 6.92 Å². The van der Waals surface area contributed by atoms with Gasteiger partial charge in [-0.2, -0.15) is 10.1 Å². The molecular weight excluding hydrogens is 484 g/mol. The molecular formula is C25H29ClN6O2S. The topological polar surface area (TPSA) is 83.4 Å². The van der Waals surface area contributed by atoms with Crippen molar-refractivity contribution in [1.29, 1.82) is 0 Å². The summed E-state index contributed by atoms with van der Waals surface area (Å²) in [7, 11) is 0. The van der Waals surface area contributed by atoms with Gasteiger partial charge in [-0.15, -0.1) is 0 Å². The number of carbonyl (C=O) groups is 2. The molecule has 8 nitrogen and oxygen atoms in total. The van der Waals surface area contributed by atoms with Crippen LogP contribution in [0.15, 0.2) is 24.8 Å². The van der Waals surface area contributed by atoms with Crippen LogP contribution in [0.4, 0.5) is 5.13 Å². The first-order valence-electron chi connectivity index (χ1n) is 12.0. The van der Waals surface area contributed by atoms with E-state index in [1.165, 1.54) is 24.2 Å². The molecule has 2 aromatic heterocycles. The minimum atomic E-state index is -0.309. The molecule has 5 rings (SSSR count). The van der Waals surface area contributed by atoms with E-state index < -0.39 is 0 Å². The van der Waals surface area contributed by atoms with E-state index in [1.54, 1.807) is 22.9 Å². The normalized spacial score (nSPS) is 18.5. The predicted octanol–water partition coefficient (Wildman–Crippen LogP) is 4.90. The maximum atomic E-state index is 13.7. The van der Waals surface area contributed by atoms with Crippen molar-refractivity contribution in [3.05, 3.63) is 46.6 Å². The quantitative estimate of drug-likeness (QED) is 0.508. The number of nitrogens with zero attached hydrogens (tertiary/aromatic N) is 5. The van der Waals surface area contributed by atoms with Crippen molar-refractivity contribution in [2.24, 2.45) is 0 Å². The van der Waals surface area contributed by atoms with Gasteiger partial charge in [-0.25, -0.2) is 4.68 Å². The third-order valence-corrected chi connectivity index (χ3v) is 8.12. The Hall–Kier alpha value is -2.75. The minimum Gasteiger partial charge on any atom is -0.333 e. The number of allylic oxidation sites excluding steroid dienone is 1. The highest BCUT2D eigenvalue weighted by atomic mass is 35.5. The van der Waals surface area contributed by atoms with Crippen molar-refractivity contribution in [3.8, 4) is 0 Å². The molecule has 2 aliphatic rings. The van der Waals surface area contributed by atoms with Crippen molar-refractivity contribution in [2.45, 2.75) is 45.6 Å². The van der Waals surface area contributed by atoms with Gasteiger partial charge < -0.3 is 9.80 Å². The smallest absolute Gasteiger partial charge is 0.276 e. The van der Waals surface area contributed by atoms with Crippen LogP contribution in [0.2, 0.25) is 5.02 Å². The third-order valence-electron chi connectivity index (χ3n) is 6.75. The van der Waals surface area contributed by atoms with Gasteiger partial charge in [-0.3, -0.25) is 14.9 Å². The molecule has 2 aliphatic heterocycles. The standard InChI is InChI=1S/C25H29ClN6O2S/c1-15(2)32-22-21(35-25(27-22)28-23(33)17-9-8-16(3)19(26)13-17)20(29-32)24(34)31-12-6-7-18(31)14-30-10-4-5-11-30/h8-9,13,18H,1,4-7,10-12,14H2,2-3H3,(H,27,28,33)/t18-/m0/s1. The number of carbonyl (C=O) groups excluding carboxylic acids is 2. The molecule has 0 bridgehead atoms. The Bertz CT molecular complexity index is 1310. The van der Waals surface area contributed by atoms with Gasteiger partial charge in [0.1, 0.15) is 4.70 Å². The van der Waals surface area contributed by atoms with E-state index in [0.717, 1.165) is 44.6 Å². The van der Waals surface area contributed by atoms with Gasteiger partial charge >= 0.3 is 0 Å². The fourth-order valence-corrected chi connectivity index (χ4v) is 5.96. The molecule has 0 aliphatic carbocycles. The molecule has 1 atom stereocenters. The Kier molecular flexibility index (Phi) is 6.65. The molecule has 2 amide bonds. The van der Waals surface area contributed by atoms with Gasteiger partial charge in [-0.05, 0) is 70.3 Å². The van der Waals surface area contributed by atoms with Crippen LogP contribution in [0.3, 0.4) is 0 Å². The fraction of sp³-hybridized carbons (Fsp3) is 0.440. The van der Waals surface area contributed by atoms with Gasteiger partial charge in [-0.1, -0.05) is 35.6 Å². The fourth-order valence-electron chi connectivity index (χ4n) is 4.86. The van der Waals surface area contributed by atoms with Crippen molar-refractivity contribution >= 4 is 55.9 Å². The van der Waals surface area contributed by atoms with E-state index in [-0.39, 0.29) is 17.9 Å². The number of nitrogens with one attached hydrogen (secondary N) is 1. The van der Waals surface area contributed by atoms with Crippen LogP contribution < -0.4 is 5.32 Å². The number of aromatic nitrogens is 3. The zero-order chi connectivity index (χ0) is 24.7. The van der Waals surface area contributed by atoms with Crippen LogP contribution in [-0.2, 0) is 0 Å². The minimum absolute atomic E-state index is 0.0801. The van der Waals surface area contributed by atoms with Gasteiger partial charge in [0.05, 0.1) is 0 Å².